The topological polar surface area (TPSA) is 25.8 Å². The van der Waals surface area contributed by atoms with Crippen molar-refractivity contribution >= 4 is 69.8 Å². The van der Waals surface area contributed by atoms with Gasteiger partial charge in [0, 0.05) is 29.4 Å². The number of nitrogens with zero attached hydrogens (tertiary/aromatic N) is 2. The van der Waals surface area contributed by atoms with Crippen LogP contribution in [0, 0.1) is 0 Å². The lowest BCUT2D eigenvalue weighted by atomic mass is 10.3. The molecule has 6 aromatic rings. The number of hydrogen-bond acceptors (Lipinski definition) is 7. The van der Waals surface area contributed by atoms with E-state index in [1.165, 1.54) is 41.1 Å². The van der Waals surface area contributed by atoms with Crippen molar-refractivity contribution in [2.75, 3.05) is 0 Å². The maximum atomic E-state index is 4.84. The highest BCUT2D eigenvalue weighted by atomic mass is 32.2. The van der Waals surface area contributed by atoms with Crippen LogP contribution in [0.1, 0.15) is 0 Å². The maximum Gasteiger partial charge on any atom is 0.121 e. The highest BCUT2D eigenvalue weighted by molar-refractivity contribution is 8.05. The molecule has 0 radical (unpaired) electrons. The molecule has 0 unspecified atom stereocenters. The van der Waals surface area contributed by atoms with E-state index >= 15 is 0 Å². The van der Waals surface area contributed by atoms with Crippen molar-refractivity contribution in [2.24, 2.45) is 0 Å². The minimum atomic E-state index is 0.966. The second-order valence-electron chi connectivity index (χ2n) is 7.94. The van der Waals surface area contributed by atoms with Crippen molar-refractivity contribution in [1.82, 2.24) is 8.75 Å². The van der Waals surface area contributed by atoms with Gasteiger partial charge in [-0.1, -0.05) is 120 Å². The highest BCUT2D eigenvalue weighted by Crippen LogP contribution is 2.53. The molecule has 0 aliphatic carbocycles. The van der Waals surface area contributed by atoms with Crippen molar-refractivity contribution in [3.05, 3.63) is 121 Å². The summed E-state index contributed by atoms with van der Waals surface area (Å²) in [6.45, 7) is 0. The summed E-state index contributed by atoms with van der Waals surface area (Å²) in [6, 6.07) is 42.3. The van der Waals surface area contributed by atoms with Crippen LogP contribution in [-0.4, -0.2) is 8.75 Å². The average molecular weight is 569 g/mol. The Hall–Kier alpha value is -2.68. The first kappa shape index (κ1) is 24.6. The first-order valence-corrected chi connectivity index (χ1v) is 15.6. The second-order valence-corrected chi connectivity index (χ2v) is 12.8. The van der Waals surface area contributed by atoms with Gasteiger partial charge in [0.2, 0.25) is 0 Å². The molecule has 6 rings (SSSR count). The molecular formula is C30H20N2S5. The zero-order valence-electron chi connectivity index (χ0n) is 19.5. The van der Waals surface area contributed by atoms with Gasteiger partial charge < -0.3 is 0 Å². The molecule has 1 heterocycles. The molecule has 0 fully saturated rings. The summed E-state index contributed by atoms with van der Waals surface area (Å²) >= 11 is 8.43. The molecule has 5 aromatic carbocycles. The van der Waals surface area contributed by atoms with Crippen molar-refractivity contribution < 1.29 is 0 Å². The quantitative estimate of drug-likeness (QED) is 0.181. The summed E-state index contributed by atoms with van der Waals surface area (Å²) in [4.78, 5) is 9.51. The van der Waals surface area contributed by atoms with E-state index in [0.717, 1.165) is 20.8 Å². The summed E-state index contributed by atoms with van der Waals surface area (Å²) in [6.07, 6.45) is 0. The van der Waals surface area contributed by atoms with Gasteiger partial charge in [0.15, 0.2) is 0 Å². The fourth-order valence-electron chi connectivity index (χ4n) is 3.71. The molecular weight excluding hydrogens is 549 g/mol. The van der Waals surface area contributed by atoms with Crippen LogP contribution in [0.5, 0.6) is 0 Å². The second kappa shape index (κ2) is 11.8. The largest absolute Gasteiger partial charge is 0.172 e. The molecule has 0 aliphatic rings. The van der Waals surface area contributed by atoms with E-state index in [-0.39, 0.29) is 0 Å². The Kier molecular flexibility index (Phi) is 7.86. The van der Waals surface area contributed by atoms with Crippen LogP contribution in [0.2, 0.25) is 0 Å². The van der Waals surface area contributed by atoms with Crippen LogP contribution in [0.3, 0.4) is 0 Å². The third-order valence-electron chi connectivity index (χ3n) is 5.39. The van der Waals surface area contributed by atoms with E-state index in [2.05, 4.69) is 121 Å². The molecule has 0 amide bonds. The maximum absolute atomic E-state index is 4.84. The van der Waals surface area contributed by atoms with E-state index in [1.54, 1.807) is 47.0 Å². The summed E-state index contributed by atoms with van der Waals surface area (Å²) < 4.78 is 9.68. The van der Waals surface area contributed by atoms with Gasteiger partial charge in [-0.25, -0.2) is 0 Å². The first-order valence-electron chi connectivity index (χ1n) is 11.6. The van der Waals surface area contributed by atoms with E-state index in [0.29, 0.717) is 0 Å². The summed E-state index contributed by atoms with van der Waals surface area (Å²) in [5.41, 5.74) is 1.93. The van der Waals surface area contributed by atoms with Gasteiger partial charge >= 0.3 is 0 Å². The van der Waals surface area contributed by atoms with Gasteiger partial charge in [0.1, 0.15) is 11.0 Å². The van der Waals surface area contributed by atoms with Gasteiger partial charge in [-0.05, 0) is 48.5 Å². The van der Waals surface area contributed by atoms with E-state index < -0.39 is 0 Å². The highest BCUT2D eigenvalue weighted by Gasteiger charge is 2.25. The molecule has 2 nitrogen and oxygen atoms in total. The molecule has 0 spiro atoms. The molecule has 0 N–H and O–H groups in total. The smallest absolute Gasteiger partial charge is 0.121 e. The predicted molar refractivity (Wildman–Crippen MR) is 160 cm³/mol. The molecule has 180 valence electrons. The van der Waals surface area contributed by atoms with E-state index in [1.807, 2.05) is 0 Å². The Balaban J connectivity index is 1.61. The standard InChI is InChI=1S/C30H20N2S5/c1-5-13-21(14-6-1)33-27-25-26(32-37-31-25)28(34-22-15-7-2-8-16-22)30(36-24-19-11-4-12-20-24)29(27)35-23-17-9-3-10-18-23/h1-20H. The summed E-state index contributed by atoms with van der Waals surface area (Å²) in [7, 11) is 0. The molecule has 37 heavy (non-hydrogen) atoms. The van der Waals surface area contributed by atoms with Gasteiger partial charge in [0.05, 0.1) is 21.5 Å². The minimum absolute atomic E-state index is 0.966. The number of fused-ring (bicyclic) bond motifs is 1. The third kappa shape index (κ3) is 5.76. The Bertz CT molecular complexity index is 1490. The Labute approximate surface area is 237 Å². The lowest BCUT2D eigenvalue weighted by Crippen LogP contribution is -1.93. The van der Waals surface area contributed by atoms with Crippen LogP contribution in [0.4, 0.5) is 0 Å². The van der Waals surface area contributed by atoms with Crippen molar-refractivity contribution in [3.63, 3.8) is 0 Å². The summed E-state index contributed by atoms with van der Waals surface area (Å²) in [5.74, 6) is 0. The number of aromatic nitrogens is 2. The minimum Gasteiger partial charge on any atom is -0.172 e. The van der Waals surface area contributed by atoms with Gasteiger partial charge in [-0.3, -0.25) is 0 Å². The van der Waals surface area contributed by atoms with Crippen LogP contribution >= 0.6 is 58.8 Å². The van der Waals surface area contributed by atoms with Gasteiger partial charge in [-0.15, -0.1) is 0 Å². The molecule has 0 bridgehead atoms. The van der Waals surface area contributed by atoms with Crippen molar-refractivity contribution in [2.45, 2.75) is 39.2 Å². The van der Waals surface area contributed by atoms with E-state index in [4.69, 9.17) is 8.75 Å². The van der Waals surface area contributed by atoms with Gasteiger partial charge in [-0.2, -0.15) is 8.75 Å². The zero-order chi connectivity index (χ0) is 24.9. The number of hydrogen-bond donors (Lipinski definition) is 0. The zero-order valence-corrected chi connectivity index (χ0v) is 23.6. The van der Waals surface area contributed by atoms with Crippen molar-refractivity contribution in [1.29, 1.82) is 0 Å². The molecule has 7 heteroatoms. The number of benzene rings is 5. The predicted octanol–water partition coefficient (Wildman–Crippen LogP) is 10.3. The SMILES string of the molecule is c1ccc(Sc2c(Sc3ccccc3)c(Sc3ccccc3)c3nsnc3c2Sc2ccccc2)cc1. The normalized spacial score (nSPS) is 11.1. The number of rotatable bonds is 8. The van der Waals surface area contributed by atoms with Gasteiger partial charge in [0.25, 0.3) is 0 Å². The van der Waals surface area contributed by atoms with Crippen molar-refractivity contribution in [3.8, 4) is 0 Å². The molecule has 0 saturated carbocycles. The molecule has 1 aromatic heterocycles. The van der Waals surface area contributed by atoms with Crippen LogP contribution in [0.15, 0.2) is 160 Å². The third-order valence-corrected chi connectivity index (χ3v) is 10.8. The molecule has 0 aliphatic heterocycles. The first-order chi connectivity index (χ1) is 18.3. The van der Waals surface area contributed by atoms with Crippen LogP contribution in [0.25, 0.3) is 11.0 Å². The molecule has 0 atom stereocenters. The fraction of sp³-hybridized carbons (Fsp3) is 0. The Morgan fingerprint density at radius 3 is 0.919 bits per heavy atom. The van der Waals surface area contributed by atoms with Crippen LogP contribution in [-0.2, 0) is 0 Å². The van der Waals surface area contributed by atoms with E-state index in [9.17, 15) is 0 Å². The van der Waals surface area contributed by atoms with Crippen LogP contribution < -0.4 is 0 Å². The average Bonchev–Trinajstić information content (AvgIpc) is 3.45. The molecule has 0 saturated heterocycles. The lowest BCUT2D eigenvalue weighted by molar-refractivity contribution is 1.06. The summed E-state index contributed by atoms with van der Waals surface area (Å²) in [5, 5.41) is 0. The Morgan fingerprint density at radius 2 is 0.622 bits per heavy atom. The fourth-order valence-corrected chi connectivity index (χ4v) is 9.01. The monoisotopic (exact) mass is 568 g/mol. The Morgan fingerprint density at radius 1 is 0.351 bits per heavy atom. The lowest BCUT2D eigenvalue weighted by Gasteiger charge is -2.19.